The maximum atomic E-state index is 13.0. The summed E-state index contributed by atoms with van der Waals surface area (Å²) < 4.78 is 23.8. The van der Waals surface area contributed by atoms with E-state index in [0.29, 0.717) is 17.4 Å². The number of carbonyl (C=O) groups is 1. The molecule has 0 radical (unpaired) electrons. The first kappa shape index (κ1) is 74.7. The minimum Gasteiger partial charge on any atom is -0.387 e. The Morgan fingerprint density at radius 3 is 1.05 bits per heavy atom. The number of hydrogen-bond donors (Lipinski definition) is 3. The van der Waals surface area contributed by atoms with E-state index in [1.165, 1.54) is 270 Å². The lowest BCUT2D eigenvalue weighted by molar-refractivity contribution is -0.870. The maximum Gasteiger partial charge on any atom is 0.472 e. The summed E-state index contributed by atoms with van der Waals surface area (Å²) in [6.45, 7) is 4.84. The quantitative estimate of drug-likeness (QED) is 0.0243. The summed E-state index contributed by atoms with van der Waals surface area (Å²) in [6.07, 6.45) is 77.2. The van der Waals surface area contributed by atoms with Crippen molar-refractivity contribution in [3.63, 3.8) is 0 Å². The number of amides is 1. The summed E-state index contributed by atoms with van der Waals surface area (Å²) in [5, 5.41) is 14.0. The van der Waals surface area contributed by atoms with Crippen LogP contribution in [0.5, 0.6) is 0 Å². The molecule has 0 aromatic heterocycles. The lowest BCUT2D eigenvalue weighted by atomic mass is 10.0. The van der Waals surface area contributed by atoms with Gasteiger partial charge in [0, 0.05) is 6.42 Å². The van der Waals surface area contributed by atoms with Gasteiger partial charge in [-0.15, -0.1) is 0 Å². The van der Waals surface area contributed by atoms with Gasteiger partial charge >= 0.3 is 7.82 Å². The van der Waals surface area contributed by atoms with E-state index in [1.54, 1.807) is 6.08 Å². The summed E-state index contributed by atoms with van der Waals surface area (Å²) in [5.41, 5.74) is 0. The number of aliphatic hydroxyl groups is 1. The summed E-state index contributed by atoms with van der Waals surface area (Å²) in [4.78, 5) is 23.4. The van der Waals surface area contributed by atoms with Crippen molar-refractivity contribution in [1.82, 2.24) is 5.32 Å². The second kappa shape index (κ2) is 58.4. The van der Waals surface area contributed by atoms with Crippen LogP contribution in [0.2, 0.25) is 0 Å². The van der Waals surface area contributed by atoms with Crippen molar-refractivity contribution < 1.29 is 32.9 Å². The van der Waals surface area contributed by atoms with E-state index < -0.39 is 20.0 Å². The van der Waals surface area contributed by atoms with Crippen LogP contribution in [0.15, 0.2) is 36.5 Å². The van der Waals surface area contributed by atoms with Gasteiger partial charge in [0.25, 0.3) is 0 Å². The molecule has 0 heterocycles. The molecule has 3 N–H and O–H groups in total. The first-order valence-electron chi connectivity index (χ1n) is 33.4. The van der Waals surface area contributed by atoms with Crippen LogP contribution in [0.25, 0.3) is 0 Å². The third kappa shape index (κ3) is 60.4. The molecule has 8 nitrogen and oxygen atoms in total. The van der Waals surface area contributed by atoms with Crippen LogP contribution < -0.4 is 5.32 Å². The number of nitrogens with zero attached hydrogens (tertiary/aromatic N) is 1. The zero-order valence-electron chi connectivity index (χ0n) is 51.5. The van der Waals surface area contributed by atoms with Gasteiger partial charge in [0.05, 0.1) is 39.9 Å². The molecule has 0 bridgehead atoms. The molecule has 0 aliphatic rings. The van der Waals surface area contributed by atoms with Crippen LogP contribution in [0.3, 0.4) is 0 Å². The van der Waals surface area contributed by atoms with Crippen LogP contribution in [0.1, 0.15) is 335 Å². The molecule has 76 heavy (non-hydrogen) atoms. The van der Waals surface area contributed by atoms with E-state index >= 15 is 0 Å². The second-order valence-electron chi connectivity index (χ2n) is 24.2. The average molecular weight is 1090 g/mol. The van der Waals surface area contributed by atoms with Gasteiger partial charge in [-0.1, -0.05) is 320 Å². The highest BCUT2D eigenvalue weighted by atomic mass is 31.2. The van der Waals surface area contributed by atoms with E-state index in [9.17, 15) is 19.4 Å². The molecule has 0 rings (SSSR count). The lowest BCUT2D eigenvalue weighted by Gasteiger charge is -2.25. The fourth-order valence-electron chi connectivity index (χ4n) is 10.1. The number of likely N-dealkylation sites (N-methyl/N-ethyl adjacent to an activating group) is 1. The third-order valence-electron chi connectivity index (χ3n) is 15.3. The number of nitrogens with one attached hydrogen (secondary N) is 1. The van der Waals surface area contributed by atoms with Gasteiger partial charge in [0.15, 0.2) is 0 Å². The summed E-state index contributed by atoms with van der Waals surface area (Å²) in [6, 6.07) is -0.869. The molecule has 0 aliphatic heterocycles. The SMILES string of the molecule is CCCCCCCCCCCCCCCCCCCCCC/C=C/CC/C=C/CC/C=C/C(O)C(COP(=O)(O)OCC[N+](C)(C)C)NC(=O)CCCCCCCCCCCCCCCCCCCCCCCCCC. The molecule has 0 fully saturated rings. The Bertz CT molecular complexity index is 1330. The van der Waals surface area contributed by atoms with Crippen LogP contribution in [-0.2, 0) is 18.4 Å². The average Bonchev–Trinajstić information content (AvgIpc) is 3.38. The molecule has 9 heteroatoms. The number of quaternary nitrogens is 1. The first-order chi connectivity index (χ1) is 37.0. The van der Waals surface area contributed by atoms with E-state index in [-0.39, 0.29) is 19.1 Å². The van der Waals surface area contributed by atoms with Crippen molar-refractivity contribution in [1.29, 1.82) is 0 Å². The normalized spacial score (nSPS) is 13.9. The van der Waals surface area contributed by atoms with E-state index in [4.69, 9.17) is 9.05 Å². The molecule has 450 valence electrons. The van der Waals surface area contributed by atoms with Gasteiger partial charge in [-0.2, -0.15) is 0 Å². The number of rotatable bonds is 62. The maximum absolute atomic E-state index is 13.0. The molecular formula is C67H132N2O6P+. The van der Waals surface area contributed by atoms with E-state index in [1.807, 2.05) is 27.2 Å². The van der Waals surface area contributed by atoms with Gasteiger partial charge in [0.1, 0.15) is 13.2 Å². The second-order valence-corrected chi connectivity index (χ2v) is 25.6. The molecule has 0 saturated carbocycles. The van der Waals surface area contributed by atoms with Gasteiger partial charge in [-0.05, 0) is 44.9 Å². The minimum absolute atomic E-state index is 0.0554. The van der Waals surface area contributed by atoms with Crippen molar-refractivity contribution in [2.75, 3.05) is 40.9 Å². The topological polar surface area (TPSA) is 105 Å². The van der Waals surface area contributed by atoms with Crippen LogP contribution >= 0.6 is 7.82 Å². The molecule has 3 unspecified atom stereocenters. The van der Waals surface area contributed by atoms with Gasteiger partial charge in [-0.25, -0.2) is 4.57 Å². The molecule has 3 atom stereocenters. The largest absolute Gasteiger partial charge is 0.472 e. The van der Waals surface area contributed by atoms with Crippen LogP contribution in [-0.4, -0.2) is 73.4 Å². The standard InChI is InChI=1S/C67H131N2O6P/c1-6-8-10-12-14-16-18-20-22-24-26-28-30-32-33-34-35-36-37-38-40-42-44-46-48-50-52-54-56-58-60-66(70)65(64-75-76(72,73)74-63-62-69(3,4)5)68-67(71)61-59-57-55-53-51-49-47-45-43-41-39-31-29-27-25-23-21-19-17-15-13-11-9-7-2/h42,44,50,52,58,60,65-66,70H,6-41,43,45-49,51,53-57,59,61-64H2,1-5H3,(H-,68,71,72,73)/p+1/b44-42+,52-50+,60-58+. The summed E-state index contributed by atoms with van der Waals surface area (Å²) in [7, 11) is 1.56. The number of allylic oxidation sites excluding steroid dienone is 5. The Morgan fingerprint density at radius 1 is 0.434 bits per heavy atom. The van der Waals surface area contributed by atoms with Crippen molar-refractivity contribution in [2.45, 2.75) is 347 Å². The Labute approximate surface area is 474 Å². The Balaban J connectivity index is 4.15. The monoisotopic (exact) mass is 1090 g/mol. The number of hydrogen-bond acceptors (Lipinski definition) is 5. The Hall–Kier alpha value is -1.28. The van der Waals surface area contributed by atoms with Crippen molar-refractivity contribution in [2.24, 2.45) is 0 Å². The number of phosphoric acid groups is 1. The Kier molecular flexibility index (Phi) is 57.4. The zero-order chi connectivity index (χ0) is 55.6. The molecular weight excluding hydrogens is 960 g/mol. The smallest absolute Gasteiger partial charge is 0.387 e. The Morgan fingerprint density at radius 2 is 0.724 bits per heavy atom. The molecule has 0 aromatic rings. The molecule has 0 spiro atoms. The van der Waals surface area contributed by atoms with Crippen molar-refractivity contribution in [3.05, 3.63) is 36.5 Å². The van der Waals surface area contributed by atoms with E-state index in [0.717, 1.165) is 44.9 Å². The number of aliphatic hydroxyl groups excluding tert-OH is 1. The lowest BCUT2D eigenvalue weighted by Crippen LogP contribution is -2.45. The molecule has 0 aromatic carbocycles. The predicted octanol–water partition coefficient (Wildman–Crippen LogP) is 20.9. The zero-order valence-corrected chi connectivity index (χ0v) is 52.4. The fourth-order valence-corrected chi connectivity index (χ4v) is 10.9. The van der Waals surface area contributed by atoms with Crippen LogP contribution in [0, 0.1) is 0 Å². The van der Waals surface area contributed by atoms with Crippen molar-refractivity contribution in [3.8, 4) is 0 Å². The van der Waals surface area contributed by atoms with Gasteiger partial charge in [-0.3, -0.25) is 13.8 Å². The predicted molar refractivity (Wildman–Crippen MR) is 332 cm³/mol. The summed E-state index contributed by atoms with van der Waals surface area (Å²) in [5.74, 6) is -0.184. The van der Waals surface area contributed by atoms with Crippen LogP contribution in [0.4, 0.5) is 0 Å². The molecule has 0 aliphatic carbocycles. The fraction of sp³-hybridized carbons (Fsp3) is 0.896. The first-order valence-corrected chi connectivity index (χ1v) is 34.9. The highest BCUT2D eigenvalue weighted by Crippen LogP contribution is 2.43. The van der Waals surface area contributed by atoms with Gasteiger partial charge < -0.3 is 19.8 Å². The number of phosphoric ester groups is 1. The van der Waals surface area contributed by atoms with Gasteiger partial charge in [0.2, 0.25) is 5.91 Å². The molecule has 1 amide bonds. The number of carbonyl (C=O) groups excluding carboxylic acids is 1. The molecule has 0 saturated heterocycles. The van der Waals surface area contributed by atoms with E-state index in [2.05, 4.69) is 43.5 Å². The minimum atomic E-state index is -4.36. The highest BCUT2D eigenvalue weighted by Gasteiger charge is 2.28. The number of unbranched alkanes of at least 4 members (excludes halogenated alkanes) is 45. The third-order valence-corrected chi connectivity index (χ3v) is 16.3. The highest BCUT2D eigenvalue weighted by molar-refractivity contribution is 7.47. The van der Waals surface area contributed by atoms with Crippen molar-refractivity contribution >= 4 is 13.7 Å². The summed E-state index contributed by atoms with van der Waals surface area (Å²) >= 11 is 0.